The number of sulfonamides is 1. The van der Waals surface area contributed by atoms with Crippen LogP contribution in [0.5, 0.6) is 0 Å². The Morgan fingerprint density at radius 3 is 2.00 bits per heavy atom. The highest BCUT2D eigenvalue weighted by atomic mass is 32.2. The first kappa shape index (κ1) is 17.1. The fourth-order valence-electron chi connectivity index (χ4n) is 3.07. The van der Waals surface area contributed by atoms with Gasteiger partial charge in [-0.1, -0.05) is 60.7 Å². The molecule has 0 spiro atoms. The van der Waals surface area contributed by atoms with Gasteiger partial charge in [-0.05, 0) is 31.9 Å². The zero-order valence-electron chi connectivity index (χ0n) is 14.2. The molecule has 3 rings (SSSR count). The average Bonchev–Trinajstić information content (AvgIpc) is 3.32. The molecule has 24 heavy (non-hydrogen) atoms. The lowest BCUT2D eigenvalue weighted by Crippen LogP contribution is -2.38. The molecule has 3 unspecified atom stereocenters. The van der Waals surface area contributed by atoms with Crippen molar-refractivity contribution in [1.29, 1.82) is 0 Å². The van der Waals surface area contributed by atoms with Crippen LogP contribution in [-0.2, 0) is 15.6 Å². The van der Waals surface area contributed by atoms with Crippen molar-refractivity contribution in [2.45, 2.75) is 37.2 Å². The molecular weight excluding hydrogens is 322 g/mol. The Morgan fingerprint density at radius 1 is 1.00 bits per heavy atom. The summed E-state index contributed by atoms with van der Waals surface area (Å²) in [5.74, 6) is 0. The molecule has 4 nitrogen and oxygen atoms in total. The van der Waals surface area contributed by atoms with E-state index in [1.807, 2.05) is 60.7 Å². The summed E-state index contributed by atoms with van der Waals surface area (Å²) in [5, 5.41) is 11.1. The lowest BCUT2D eigenvalue weighted by Gasteiger charge is -2.28. The SMILES string of the molecule is CC(C)(C)S(=O)(=O)N1CC1(c1ccccc1)C(O)c1ccccc1. The second kappa shape index (κ2) is 5.69. The first-order chi connectivity index (χ1) is 11.2. The maximum atomic E-state index is 13.0. The normalized spacial score (nSPS) is 25.2. The summed E-state index contributed by atoms with van der Waals surface area (Å²) >= 11 is 0. The number of aliphatic hydroxyl groups excluding tert-OH is 1. The van der Waals surface area contributed by atoms with Crippen molar-refractivity contribution in [3.63, 3.8) is 0 Å². The minimum atomic E-state index is -3.54. The summed E-state index contributed by atoms with van der Waals surface area (Å²) in [5.41, 5.74) is 0.594. The average molecular weight is 345 g/mol. The van der Waals surface area contributed by atoms with Crippen LogP contribution in [-0.4, -0.2) is 29.1 Å². The predicted molar refractivity (Wildman–Crippen MR) is 94.9 cm³/mol. The molecule has 0 saturated carbocycles. The van der Waals surface area contributed by atoms with Crippen LogP contribution in [0.25, 0.3) is 0 Å². The molecule has 1 fully saturated rings. The van der Waals surface area contributed by atoms with Crippen molar-refractivity contribution < 1.29 is 13.5 Å². The Labute approximate surface area is 143 Å². The van der Waals surface area contributed by atoms with Crippen LogP contribution in [0.2, 0.25) is 0 Å². The van der Waals surface area contributed by atoms with E-state index < -0.39 is 26.4 Å². The van der Waals surface area contributed by atoms with Gasteiger partial charge in [0.05, 0.1) is 4.75 Å². The first-order valence-electron chi connectivity index (χ1n) is 8.02. The summed E-state index contributed by atoms with van der Waals surface area (Å²) < 4.78 is 26.4. The third-order valence-corrected chi connectivity index (χ3v) is 7.21. The maximum Gasteiger partial charge on any atom is 0.220 e. The number of benzene rings is 2. The standard InChI is InChI=1S/C19H23NO3S/c1-18(2,3)24(22,23)20-14-19(20,16-12-8-5-9-13-16)17(21)15-10-6-4-7-11-15/h4-13,17,21H,14H2,1-3H3. The third kappa shape index (κ3) is 2.57. The summed E-state index contributed by atoms with van der Waals surface area (Å²) in [7, 11) is -3.54. The Morgan fingerprint density at radius 2 is 1.50 bits per heavy atom. The topological polar surface area (TPSA) is 57.4 Å². The quantitative estimate of drug-likeness (QED) is 0.867. The number of aliphatic hydroxyl groups is 1. The van der Waals surface area contributed by atoms with Gasteiger partial charge in [-0.25, -0.2) is 8.42 Å². The highest BCUT2D eigenvalue weighted by molar-refractivity contribution is 7.90. The van der Waals surface area contributed by atoms with Gasteiger partial charge in [-0.15, -0.1) is 0 Å². The molecule has 1 aliphatic heterocycles. The summed E-state index contributed by atoms with van der Waals surface area (Å²) in [6.07, 6.45) is -0.918. The maximum absolute atomic E-state index is 13.0. The van der Waals surface area contributed by atoms with Crippen LogP contribution >= 0.6 is 0 Å². The van der Waals surface area contributed by atoms with Gasteiger partial charge in [-0.3, -0.25) is 0 Å². The van der Waals surface area contributed by atoms with Crippen LogP contribution in [0.4, 0.5) is 0 Å². The molecule has 0 bridgehead atoms. The number of hydrogen-bond donors (Lipinski definition) is 1. The number of nitrogens with zero attached hydrogens (tertiary/aromatic N) is 1. The molecule has 1 heterocycles. The molecule has 1 N–H and O–H groups in total. The minimum Gasteiger partial charge on any atom is -0.386 e. The van der Waals surface area contributed by atoms with Gasteiger partial charge in [0.25, 0.3) is 0 Å². The van der Waals surface area contributed by atoms with E-state index in [0.29, 0.717) is 5.56 Å². The van der Waals surface area contributed by atoms with Crippen molar-refractivity contribution >= 4 is 10.0 Å². The van der Waals surface area contributed by atoms with Gasteiger partial charge in [0.1, 0.15) is 11.6 Å². The molecule has 5 heteroatoms. The van der Waals surface area contributed by atoms with Gasteiger partial charge >= 0.3 is 0 Å². The highest BCUT2D eigenvalue weighted by Gasteiger charge is 2.65. The van der Waals surface area contributed by atoms with E-state index in [4.69, 9.17) is 0 Å². The summed E-state index contributed by atoms with van der Waals surface area (Å²) in [6, 6.07) is 18.6. The Bertz CT molecular complexity index is 813. The fraction of sp³-hybridized carbons (Fsp3) is 0.368. The molecule has 1 saturated heterocycles. The molecule has 0 aliphatic carbocycles. The second-order valence-corrected chi connectivity index (χ2v) is 9.84. The largest absolute Gasteiger partial charge is 0.386 e. The Kier molecular flexibility index (Phi) is 4.06. The van der Waals surface area contributed by atoms with Crippen molar-refractivity contribution in [3.05, 3.63) is 71.8 Å². The van der Waals surface area contributed by atoms with Crippen LogP contribution in [0.3, 0.4) is 0 Å². The Hall–Kier alpha value is -1.69. The van der Waals surface area contributed by atoms with Gasteiger partial charge in [-0.2, -0.15) is 4.31 Å². The van der Waals surface area contributed by atoms with Gasteiger partial charge in [0.2, 0.25) is 10.0 Å². The molecular formula is C19H23NO3S. The smallest absolute Gasteiger partial charge is 0.220 e. The van der Waals surface area contributed by atoms with Gasteiger partial charge < -0.3 is 5.11 Å². The Balaban J connectivity index is 2.10. The van der Waals surface area contributed by atoms with E-state index >= 15 is 0 Å². The lowest BCUT2D eigenvalue weighted by atomic mass is 9.89. The fourth-order valence-corrected chi connectivity index (χ4v) is 4.73. The van der Waals surface area contributed by atoms with E-state index in [1.165, 1.54) is 4.31 Å². The van der Waals surface area contributed by atoms with E-state index in [-0.39, 0.29) is 6.54 Å². The third-order valence-electron chi connectivity index (χ3n) is 4.63. The van der Waals surface area contributed by atoms with Crippen LogP contribution in [0.1, 0.15) is 38.0 Å². The monoisotopic (exact) mass is 345 g/mol. The molecule has 3 atom stereocenters. The molecule has 128 valence electrons. The molecule has 1 aliphatic rings. The van der Waals surface area contributed by atoms with Crippen LogP contribution < -0.4 is 0 Å². The van der Waals surface area contributed by atoms with Crippen molar-refractivity contribution in [3.8, 4) is 0 Å². The highest BCUT2D eigenvalue weighted by Crippen LogP contribution is 2.55. The zero-order valence-corrected chi connectivity index (χ0v) is 15.0. The molecule has 0 aromatic heterocycles. The van der Waals surface area contributed by atoms with Crippen LogP contribution in [0, 0.1) is 0 Å². The number of hydrogen-bond acceptors (Lipinski definition) is 3. The predicted octanol–water partition coefficient (Wildman–Crippen LogP) is 3.06. The summed E-state index contributed by atoms with van der Waals surface area (Å²) in [4.78, 5) is 0. The van der Waals surface area contributed by atoms with E-state index in [0.717, 1.165) is 5.56 Å². The van der Waals surface area contributed by atoms with Crippen molar-refractivity contribution in [2.24, 2.45) is 0 Å². The lowest BCUT2D eigenvalue weighted by molar-refractivity contribution is 0.117. The van der Waals surface area contributed by atoms with Gasteiger partial charge in [0, 0.05) is 6.54 Å². The zero-order chi connectivity index (χ0) is 17.6. The minimum absolute atomic E-state index is 0.284. The molecule has 0 amide bonds. The molecule has 2 aromatic rings. The summed E-state index contributed by atoms with van der Waals surface area (Å²) in [6.45, 7) is 5.34. The second-order valence-electron chi connectivity index (χ2n) is 7.23. The van der Waals surface area contributed by atoms with E-state index in [1.54, 1.807) is 20.8 Å². The number of rotatable bonds is 4. The van der Waals surface area contributed by atoms with Crippen LogP contribution in [0.15, 0.2) is 60.7 Å². The molecule has 0 radical (unpaired) electrons. The van der Waals surface area contributed by atoms with Crippen molar-refractivity contribution in [2.75, 3.05) is 6.54 Å². The first-order valence-corrected chi connectivity index (χ1v) is 9.46. The molecule has 2 aromatic carbocycles. The van der Waals surface area contributed by atoms with E-state index in [9.17, 15) is 13.5 Å². The van der Waals surface area contributed by atoms with E-state index in [2.05, 4.69) is 0 Å². The van der Waals surface area contributed by atoms with Crippen molar-refractivity contribution in [1.82, 2.24) is 4.31 Å². The van der Waals surface area contributed by atoms with Gasteiger partial charge in [0.15, 0.2) is 0 Å².